The van der Waals surface area contributed by atoms with E-state index in [0.717, 1.165) is 57.9 Å². The molecule has 0 radical (unpaired) electrons. The highest BCUT2D eigenvalue weighted by atomic mass is 16.2. The molecule has 3 heterocycles. The maximum Gasteiger partial charge on any atom is 0.225 e. The van der Waals surface area contributed by atoms with Crippen LogP contribution in [0.3, 0.4) is 0 Å². The van der Waals surface area contributed by atoms with Crippen LogP contribution < -0.4 is 10.2 Å². The first-order valence-electron chi connectivity index (χ1n) is 7.35. The summed E-state index contributed by atoms with van der Waals surface area (Å²) >= 11 is 0. The van der Waals surface area contributed by atoms with Gasteiger partial charge < -0.3 is 15.1 Å². The molecule has 0 aromatic carbocycles. The van der Waals surface area contributed by atoms with Gasteiger partial charge in [0.25, 0.3) is 0 Å². The van der Waals surface area contributed by atoms with Crippen LogP contribution in [-0.2, 0) is 4.79 Å². The Labute approximate surface area is 119 Å². The number of rotatable bonds is 2. The van der Waals surface area contributed by atoms with Gasteiger partial charge in [-0.3, -0.25) is 4.79 Å². The molecule has 0 atom stereocenters. The van der Waals surface area contributed by atoms with Gasteiger partial charge in [-0.15, -0.1) is 0 Å². The third kappa shape index (κ3) is 2.90. The molecule has 2 aliphatic rings. The Hall–Kier alpha value is -1.69. The van der Waals surface area contributed by atoms with E-state index in [-0.39, 0.29) is 5.92 Å². The molecule has 3 rings (SSSR count). The summed E-state index contributed by atoms with van der Waals surface area (Å²) in [5, 5.41) is 3.28. The molecule has 2 aliphatic heterocycles. The first kappa shape index (κ1) is 13.3. The minimum atomic E-state index is 0.186. The molecule has 0 aliphatic carbocycles. The SMILES string of the molecule is O=C(C1CCN(c2ccncn2)CC1)N1CCNCC1. The summed E-state index contributed by atoms with van der Waals surface area (Å²) in [5.74, 6) is 1.49. The number of piperazine rings is 1. The van der Waals surface area contributed by atoms with Gasteiger partial charge in [-0.2, -0.15) is 0 Å². The highest BCUT2D eigenvalue weighted by molar-refractivity contribution is 5.79. The van der Waals surface area contributed by atoms with Crippen LogP contribution >= 0.6 is 0 Å². The number of hydrogen-bond acceptors (Lipinski definition) is 5. The smallest absolute Gasteiger partial charge is 0.225 e. The van der Waals surface area contributed by atoms with Crippen LogP contribution in [0.5, 0.6) is 0 Å². The van der Waals surface area contributed by atoms with Gasteiger partial charge in [0.2, 0.25) is 5.91 Å². The van der Waals surface area contributed by atoms with Crippen LogP contribution in [0.1, 0.15) is 12.8 Å². The zero-order chi connectivity index (χ0) is 13.8. The fourth-order valence-electron chi connectivity index (χ4n) is 2.97. The number of anilines is 1. The molecule has 6 heteroatoms. The van der Waals surface area contributed by atoms with Crippen molar-refractivity contribution in [2.24, 2.45) is 5.92 Å². The zero-order valence-corrected chi connectivity index (χ0v) is 11.7. The van der Waals surface area contributed by atoms with Gasteiger partial charge in [-0.25, -0.2) is 9.97 Å². The van der Waals surface area contributed by atoms with E-state index in [1.54, 1.807) is 12.5 Å². The molecule has 1 aromatic heterocycles. The number of nitrogens with zero attached hydrogens (tertiary/aromatic N) is 4. The van der Waals surface area contributed by atoms with Gasteiger partial charge >= 0.3 is 0 Å². The number of piperidine rings is 1. The van der Waals surface area contributed by atoms with Crippen molar-refractivity contribution in [3.05, 3.63) is 18.6 Å². The molecular formula is C14H21N5O. The summed E-state index contributed by atoms with van der Waals surface area (Å²) in [7, 11) is 0. The van der Waals surface area contributed by atoms with Crippen LogP contribution in [0.4, 0.5) is 5.82 Å². The largest absolute Gasteiger partial charge is 0.356 e. The Bertz CT molecular complexity index is 438. The normalized spacial score (nSPS) is 21.0. The van der Waals surface area contributed by atoms with Crippen LogP contribution in [-0.4, -0.2) is 60.0 Å². The van der Waals surface area contributed by atoms with Crippen LogP contribution in [0.25, 0.3) is 0 Å². The number of carbonyl (C=O) groups is 1. The molecule has 2 fully saturated rings. The van der Waals surface area contributed by atoms with Crippen LogP contribution in [0, 0.1) is 5.92 Å². The number of aromatic nitrogens is 2. The van der Waals surface area contributed by atoms with Gasteiger partial charge in [0, 0.05) is 51.4 Å². The standard InChI is InChI=1S/C14H21N5O/c20-14(19-9-5-15-6-10-19)12-2-7-18(8-3-12)13-1-4-16-11-17-13/h1,4,11-12,15H,2-3,5-10H2. The van der Waals surface area contributed by atoms with E-state index in [0.29, 0.717) is 5.91 Å². The molecule has 108 valence electrons. The average Bonchev–Trinajstić information content (AvgIpc) is 2.56. The first-order chi connectivity index (χ1) is 9.84. The summed E-state index contributed by atoms with van der Waals surface area (Å²) in [4.78, 5) is 24.9. The molecule has 20 heavy (non-hydrogen) atoms. The molecule has 1 amide bonds. The quantitative estimate of drug-likeness (QED) is 0.831. The van der Waals surface area contributed by atoms with Crippen molar-refractivity contribution in [2.75, 3.05) is 44.2 Å². The lowest BCUT2D eigenvalue weighted by Crippen LogP contribution is -2.50. The van der Waals surface area contributed by atoms with E-state index in [1.165, 1.54) is 0 Å². The monoisotopic (exact) mass is 275 g/mol. The Kier molecular flexibility index (Phi) is 4.11. The summed E-state index contributed by atoms with van der Waals surface area (Å²) in [6, 6.07) is 1.93. The Morgan fingerprint density at radius 2 is 1.95 bits per heavy atom. The second kappa shape index (κ2) is 6.17. The highest BCUT2D eigenvalue weighted by Gasteiger charge is 2.29. The number of hydrogen-bond donors (Lipinski definition) is 1. The van der Waals surface area contributed by atoms with Crippen LogP contribution in [0.15, 0.2) is 18.6 Å². The molecule has 0 spiro atoms. The predicted molar refractivity (Wildman–Crippen MR) is 76.4 cm³/mol. The molecule has 2 saturated heterocycles. The molecule has 0 bridgehead atoms. The lowest BCUT2D eigenvalue weighted by Gasteiger charge is -2.36. The lowest BCUT2D eigenvalue weighted by atomic mass is 9.95. The van der Waals surface area contributed by atoms with Gasteiger partial charge in [0.15, 0.2) is 0 Å². The Balaban J connectivity index is 1.54. The van der Waals surface area contributed by atoms with Gasteiger partial charge in [0.05, 0.1) is 0 Å². The number of amides is 1. The van der Waals surface area contributed by atoms with Crippen molar-refractivity contribution in [1.82, 2.24) is 20.2 Å². The number of carbonyl (C=O) groups excluding carboxylic acids is 1. The van der Waals surface area contributed by atoms with Gasteiger partial charge in [-0.1, -0.05) is 0 Å². The fourth-order valence-corrected chi connectivity index (χ4v) is 2.97. The van der Waals surface area contributed by atoms with Crippen molar-refractivity contribution in [3.8, 4) is 0 Å². The van der Waals surface area contributed by atoms with Crippen molar-refractivity contribution in [3.63, 3.8) is 0 Å². The average molecular weight is 275 g/mol. The second-order valence-electron chi connectivity index (χ2n) is 5.40. The van der Waals surface area contributed by atoms with Gasteiger partial charge in [-0.05, 0) is 18.9 Å². The van der Waals surface area contributed by atoms with Crippen molar-refractivity contribution in [2.45, 2.75) is 12.8 Å². The third-order valence-corrected chi connectivity index (χ3v) is 4.16. The van der Waals surface area contributed by atoms with E-state index in [9.17, 15) is 4.79 Å². The van der Waals surface area contributed by atoms with E-state index < -0.39 is 0 Å². The summed E-state index contributed by atoms with van der Waals surface area (Å²) in [6.45, 7) is 5.35. The predicted octanol–water partition coefficient (Wildman–Crippen LogP) is 0.125. The van der Waals surface area contributed by atoms with Crippen molar-refractivity contribution >= 4 is 11.7 Å². The molecule has 0 unspecified atom stereocenters. The van der Waals surface area contributed by atoms with Crippen molar-refractivity contribution < 1.29 is 4.79 Å². The topological polar surface area (TPSA) is 61.4 Å². The molecule has 1 aromatic rings. The first-order valence-corrected chi connectivity index (χ1v) is 7.35. The van der Waals surface area contributed by atoms with E-state index in [1.807, 2.05) is 11.0 Å². The summed E-state index contributed by atoms with van der Waals surface area (Å²) < 4.78 is 0. The lowest BCUT2D eigenvalue weighted by molar-refractivity contribution is -0.136. The van der Waals surface area contributed by atoms with Crippen molar-refractivity contribution in [1.29, 1.82) is 0 Å². The molecule has 1 N–H and O–H groups in total. The summed E-state index contributed by atoms with van der Waals surface area (Å²) in [6.07, 6.45) is 5.19. The fraction of sp³-hybridized carbons (Fsp3) is 0.643. The maximum absolute atomic E-state index is 12.5. The summed E-state index contributed by atoms with van der Waals surface area (Å²) in [5.41, 5.74) is 0. The third-order valence-electron chi connectivity index (χ3n) is 4.16. The molecule has 0 saturated carbocycles. The highest BCUT2D eigenvalue weighted by Crippen LogP contribution is 2.23. The van der Waals surface area contributed by atoms with E-state index in [2.05, 4.69) is 20.2 Å². The Morgan fingerprint density at radius 1 is 1.20 bits per heavy atom. The van der Waals surface area contributed by atoms with E-state index >= 15 is 0 Å². The zero-order valence-electron chi connectivity index (χ0n) is 11.7. The minimum absolute atomic E-state index is 0.186. The second-order valence-corrected chi connectivity index (χ2v) is 5.40. The Morgan fingerprint density at radius 3 is 2.60 bits per heavy atom. The van der Waals surface area contributed by atoms with Gasteiger partial charge in [0.1, 0.15) is 12.1 Å². The number of nitrogens with one attached hydrogen (secondary N) is 1. The molecule has 6 nitrogen and oxygen atoms in total. The maximum atomic E-state index is 12.5. The minimum Gasteiger partial charge on any atom is -0.356 e. The van der Waals surface area contributed by atoms with Crippen LogP contribution in [0.2, 0.25) is 0 Å². The molecular weight excluding hydrogens is 254 g/mol. The van der Waals surface area contributed by atoms with E-state index in [4.69, 9.17) is 0 Å².